The number of rotatable bonds is 7. The minimum Gasteiger partial charge on any atom is -0.379 e. The highest BCUT2D eigenvalue weighted by atomic mass is 32.1. The SMILES string of the molecule is Fc1cccc(CN(CCCN2CCOCC2)C(=S)NC2CCCCCCC2)c1. The Bertz CT molecular complexity index is 616. The highest BCUT2D eigenvalue weighted by Gasteiger charge is 2.17. The first-order chi connectivity index (χ1) is 14.2. The first-order valence-electron chi connectivity index (χ1n) is 11.3. The van der Waals surface area contributed by atoms with Gasteiger partial charge >= 0.3 is 0 Å². The Labute approximate surface area is 180 Å². The van der Waals surface area contributed by atoms with Crippen molar-refractivity contribution in [2.24, 2.45) is 0 Å². The lowest BCUT2D eigenvalue weighted by Gasteiger charge is -2.32. The monoisotopic (exact) mass is 421 g/mol. The summed E-state index contributed by atoms with van der Waals surface area (Å²) in [5, 5.41) is 4.46. The third-order valence-electron chi connectivity index (χ3n) is 5.99. The second kappa shape index (κ2) is 12.5. The van der Waals surface area contributed by atoms with E-state index in [0.717, 1.165) is 56.5 Å². The van der Waals surface area contributed by atoms with Crippen LogP contribution >= 0.6 is 12.2 Å². The normalized spacial score (nSPS) is 19.3. The predicted molar refractivity (Wildman–Crippen MR) is 121 cm³/mol. The van der Waals surface area contributed by atoms with Gasteiger partial charge in [-0.25, -0.2) is 4.39 Å². The summed E-state index contributed by atoms with van der Waals surface area (Å²) in [5.74, 6) is -0.185. The van der Waals surface area contributed by atoms with Crippen LogP contribution in [0.1, 0.15) is 56.9 Å². The molecule has 1 aliphatic heterocycles. The van der Waals surface area contributed by atoms with Gasteiger partial charge in [-0.05, 0) is 49.2 Å². The van der Waals surface area contributed by atoms with Gasteiger partial charge in [-0.2, -0.15) is 0 Å². The Morgan fingerprint density at radius 1 is 1.14 bits per heavy atom. The Morgan fingerprint density at radius 2 is 1.86 bits per heavy atom. The number of morpholine rings is 1. The lowest BCUT2D eigenvalue weighted by molar-refractivity contribution is 0.0367. The van der Waals surface area contributed by atoms with Crippen molar-refractivity contribution < 1.29 is 9.13 Å². The Balaban J connectivity index is 1.56. The third-order valence-corrected chi connectivity index (χ3v) is 6.36. The molecule has 4 nitrogen and oxygen atoms in total. The minimum absolute atomic E-state index is 0.185. The molecule has 0 spiro atoms. The van der Waals surface area contributed by atoms with Crippen LogP contribution in [-0.4, -0.2) is 60.3 Å². The molecule has 162 valence electrons. The molecule has 1 aliphatic carbocycles. The molecule has 1 heterocycles. The third kappa shape index (κ3) is 8.19. The Hall–Kier alpha value is -1.24. The quantitative estimate of drug-likeness (QED) is 0.661. The van der Waals surface area contributed by atoms with E-state index < -0.39 is 0 Å². The van der Waals surface area contributed by atoms with Crippen LogP contribution < -0.4 is 5.32 Å². The van der Waals surface area contributed by atoms with Crippen LogP contribution in [0, 0.1) is 5.82 Å². The first-order valence-corrected chi connectivity index (χ1v) is 11.7. The van der Waals surface area contributed by atoms with Gasteiger partial charge in [0, 0.05) is 38.8 Å². The van der Waals surface area contributed by atoms with E-state index in [4.69, 9.17) is 17.0 Å². The van der Waals surface area contributed by atoms with Gasteiger partial charge in [-0.15, -0.1) is 0 Å². The summed E-state index contributed by atoms with van der Waals surface area (Å²) < 4.78 is 19.1. The van der Waals surface area contributed by atoms with Gasteiger partial charge in [0.2, 0.25) is 0 Å². The Kier molecular flexibility index (Phi) is 9.64. The zero-order valence-corrected chi connectivity index (χ0v) is 18.4. The van der Waals surface area contributed by atoms with E-state index >= 15 is 0 Å². The second-order valence-corrected chi connectivity index (χ2v) is 8.74. The van der Waals surface area contributed by atoms with E-state index in [-0.39, 0.29) is 5.82 Å². The summed E-state index contributed by atoms with van der Waals surface area (Å²) in [6, 6.07) is 7.35. The summed E-state index contributed by atoms with van der Waals surface area (Å²) in [6.45, 7) is 6.26. The fourth-order valence-electron chi connectivity index (χ4n) is 4.28. The van der Waals surface area contributed by atoms with Crippen LogP contribution in [-0.2, 0) is 11.3 Å². The van der Waals surface area contributed by atoms with E-state index in [1.54, 1.807) is 12.1 Å². The van der Waals surface area contributed by atoms with Crippen molar-refractivity contribution in [1.82, 2.24) is 15.1 Å². The lowest BCUT2D eigenvalue weighted by atomic mass is 9.97. The Morgan fingerprint density at radius 3 is 2.59 bits per heavy atom. The van der Waals surface area contributed by atoms with E-state index in [0.29, 0.717) is 12.6 Å². The molecule has 0 amide bonds. The van der Waals surface area contributed by atoms with Gasteiger partial charge in [0.25, 0.3) is 0 Å². The minimum atomic E-state index is -0.185. The number of thiocarbonyl (C=S) groups is 1. The highest BCUT2D eigenvalue weighted by Crippen LogP contribution is 2.18. The van der Waals surface area contributed by atoms with Crippen LogP contribution in [0.5, 0.6) is 0 Å². The number of benzene rings is 1. The highest BCUT2D eigenvalue weighted by molar-refractivity contribution is 7.80. The smallest absolute Gasteiger partial charge is 0.169 e. The standard InChI is InChI=1S/C23H36FN3OS/c24-21-9-6-8-20(18-21)19-27(13-7-12-26-14-16-28-17-15-26)23(29)25-22-10-4-2-1-3-5-11-22/h6,8-9,18,22H,1-5,7,10-17,19H2,(H,25,29). The summed E-state index contributed by atoms with van der Waals surface area (Å²) in [7, 11) is 0. The number of halogens is 1. The molecule has 2 aliphatic rings. The zero-order valence-electron chi connectivity index (χ0n) is 17.6. The number of hydrogen-bond acceptors (Lipinski definition) is 3. The summed E-state index contributed by atoms with van der Waals surface area (Å²) in [6.07, 6.45) is 10.0. The van der Waals surface area contributed by atoms with Gasteiger partial charge in [0.1, 0.15) is 5.82 Å². The molecular weight excluding hydrogens is 385 g/mol. The van der Waals surface area contributed by atoms with Crippen molar-refractivity contribution >= 4 is 17.3 Å². The van der Waals surface area contributed by atoms with E-state index in [1.165, 1.54) is 51.0 Å². The maximum absolute atomic E-state index is 13.7. The lowest BCUT2D eigenvalue weighted by Crippen LogP contribution is -2.45. The average Bonchev–Trinajstić information content (AvgIpc) is 2.70. The molecule has 0 bridgehead atoms. The first kappa shape index (κ1) is 22.4. The summed E-state index contributed by atoms with van der Waals surface area (Å²) in [4.78, 5) is 4.68. The van der Waals surface area contributed by atoms with Crippen LogP contribution in [0.4, 0.5) is 4.39 Å². The molecule has 1 aromatic rings. The fourth-order valence-corrected chi connectivity index (χ4v) is 4.61. The van der Waals surface area contributed by atoms with Crippen LogP contribution in [0.15, 0.2) is 24.3 Å². The molecule has 0 aromatic heterocycles. The molecule has 1 saturated carbocycles. The molecule has 0 radical (unpaired) electrons. The number of hydrogen-bond donors (Lipinski definition) is 1. The van der Waals surface area contributed by atoms with Gasteiger partial charge in [-0.1, -0.05) is 44.2 Å². The van der Waals surface area contributed by atoms with Crippen LogP contribution in [0.2, 0.25) is 0 Å². The van der Waals surface area contributed by atoms with Crippen molar-refractivity contribution in [2.75, 3.05) is 39.4 Å². The number of nitrogens with one attached hydrogen (secondary N) is 1. The van der Waals surface area contributed by atoms with Crippen molar-refractivity contribution in [3.63, 3.8) is 0 Å². The molecule has 1 saturated heterocycles. The summed E-state index contributed by atoms with van der Waals surface area (Å²) in [5.41, 5.74) is 0.971. The van der Waals surface area contributed by atoms with Gasteiger partial charge < -0.3 is 15.0 Å². The van der Waals surface area contributed by atoms with Gasteiger partial charge in [0.15, 0.2) is 5.11 Å². The van der Waals surface area contributed by atoms with Crippen molar-refractivity contribution in [1.29, 1.82) is 0 Å². The van der Waals surface area contributed by atoms with Crippen molar-refractivity contribution in [3.05, 3.63) is 35.6 Å². The predicted octanol–water partition coefficient (Wildman–Crippen LogP) is 4.34. The molecule has 1 aromatic carbocycles. The van der Waals surface area contributed by atoms with Crippen molar-refractivity contribution in [3.8, 4) is 0 Å². The molecule has 6 heteroatoms. The van der Waals surface area contributed by atoms with Gasteiger partial charge in [0.05, 0.1) is 13.2 Å². The number of nitrogens with zero attached hydrogens (tertiary/aromatic N) is 2. The van der Waals surface area contributed by atoms with E-state index in [9.17, 15) is 4.39 Å². The molecule has 0 unspecified atom stereocenters. The topological polar surface area (TPSA) is 27.7 Å². The number of ether oxygens (including phenoxy) is 1. The van der Waals surface area contributed by atoms with Crippen LogP contribution in [0.3, 0.4) is 0 Å². The molecule has 0 atom stereocenters. The molecule has 3 rings (SSSR count). The second-order valence-electron chi connectivity index (χ2n) is 8.35. The molecule has 1 N–H and O–H groups in total. The maximum Gasteiger partial charge on any atom is 0.169 e. The summed E-state index contributed by atoms with van der Waals surface area (Å²) >= 11 is 5.82. The molecular formula is C23H36FN3OS. The van der Waals surface area contributed by atoms with Crippen molar-refractivity contribution in [2.45, 2.75) is 64.0 Å². The fraction of sp³-hybridized carbons (Fsp3) is 0.696. The average molecular weight is 422 g/mol. The van der Waals surface area contributed by atoms with Crippen LogP contribution in [0.25, 0.3) is 0 Å². The molecule has 29 heavy (non-hydrogen) atoms. The van der Waals surface area contributed by atoms with E-state index in [1.807, 2.05) is 6.07 Å². The largest absolute Gasteiger partial charge is 0.379 e. The maximum atomic E-state index is 13.7. The van der Waals surface area contributed by atoms with Gasteiger partial charge in [-0.3, -0.25) is 4.90 Å². The van der Waals surface area contributed by atoms with E-state index in [2.05, 4.69) is 15.1 Å². The zero-order chi connectivity index (χ0) is 20.3. The molecule has 2 fully saturated rings.